The van der Waals surface area contributed by atoms with Crippen LogP contribution in [0.15, 0.2) is 58.7 Å². The molecule has 2 amide bonds. The summed E-state index contributed by atoms with van der Waals surface area (Å²) in [5.41, 5.74) is 10.7. The molecule has 0 fully saturated rings. The van der Waals surface area contributed by atoms with Crippen LogP contribution < -0.4 is 10.9 Å². The molecule has 4 rings (SSSR count). The normalized spacial score (nSPS) is 11.7. The first-order valence-corrected chi connectivity index (χ1v) is 10.3. The van der Waals surface area contributed by atoms with E-state index < -0.39 is 0 Å². The summed E-state index contributed by atoms with van der Waals surface area (Å²) >= 11 is 0. The lowest BCUT2D eigenvalue weighted by Gasteiger charge is -2.00. The van der Waals surface area contributed by atoms with Crippen molar-refractivity contribution in [1.82, 2.24) is 20.8 Å². The topological polar surface area (TPSA) is 114 Å². The molecule has 162 valence electrons. The number of hydrazone groups is 2. The Morgan fingerprint density at radius 3 is 1.59 bits per heavy atom. The fourth-order valence-electron chi connectivity index (χ4n) is 3.61. The number of carbonyl (C=O) groups is 2. The number of carbonyl (C=O) groups excluding carboxylic acids is 2. The molecule has 2 heterocycles. The fraction of sp³-hybridized carbons (Fsp3) is 0.167. The van der Waals surface area contributed by atoms with Gasteiger partial charge in [0.05, 0.1) is 12.4 Å². The van der Waals surface area contributed by atoms with Gasteiger partial charge in [0.15, 0.2) is 0 Å². The van der Waals surface area contributed by atoms with Crippen molar-refractivity contribution in [3.05, 3.63) is 71.0 Å². The number of H-pyrrole nitrogens is 2. The van der Waals surface area contributed by atoms with E-state index in [0.29, 0.717) is 0 Å². The van der Waals surface area contributed by atoms with Gasteiger partial charge in [0.25, 0.3) is 0 Å². The third-order valence-corrected chi connectivity index (χ3v) is 5.23. The minimum Gasteiger partial charge on any atom is -0.358 e. The Balaban J connectivity index is 1.26. The van der Waals surface area contributed by atoms with Gasteiger partial charge in [-0.2, -0.15) is 10.2 Å². The Morgan fingerprint density at radius 2 is 1.16 bits per heavy atom. The number of amides is 2. The molecule has 0 aliphatic heterocycles. The first-order valence-electron chi connectivity index (χ1n) is 10.3. The lowest BCUT2D eigenvalue weighted by atomic mass is 10.1. The van der Waals surface area contributed by atoms with Crippen molar-refractivity contribution in [2.75, 3.05) is 0 Å². The van der Waals surface area contributed by atoms with Gasteiger partial charge < -0.3 is 9.97 Å². The average Bonchev–Trinajstić information content (AvgIpc) is 3.28. The fourth-order valence-corrected chi connectivity index (χ4v) is 3.61. The van der Waals surface area contributed by atoms with Gasteiger partial charge in [-0.3, -0.25) is 9.59 Å². The number of rotatable bonds is 7. The van der Waals surface area contributed by atoms with Crippen molar-refractivity contribution in [2.24, 2.45) is 10.2 Å². The van der Waals surface area contributed by atoms with Crippen LogP contribution in [0.25, 0.3) is 21.8 Å². The molecular weight excluding hydrogens is 404 g/mol. The standard InChI is InChI=1S/C24H24N6O2/c1-15-19(17-7-3-5-9-21(17)27-15)13-25-29-23(31)11-12-24(32)30-26-14-20-16(2)28-22-10-6-4-8-18(20)22/h3-10,13-14,27-28H,11-12H2,1-2H3,(H,29,31)(H,30,32)/b25-13+,26-14+. The van der Waals surface area contributed by atoms with Crippen LogP contribution >= 0.6 is 0 Å². The van der Waals surface area contributed by atoms with Gasteiger partial charge in [0.2, 0.25) is 11.8 Å². The first kappa shape index (κ1) is 21.0. The monoisotopic (exact) mass is 428 g/mol. The summed E-state index contributed by atoms with van der Waals surface area (Å²) in [4.78, 5) is 30.6. The van der Waals surface area contributed by atoms with Gasteiger partial charge in [0, 0.05) is 57.2 Å². The zero-order valence-corrected chi connectivity index (χ0v) is 17.9. The molecule has 8 heteroatoms. The molecular formula is C24H24N6O2. The summed E-state index contributed by atoms with van der Waals surface area (Å²) < 4.78 is 0. The SMILES string of the molecule is Cc1[nH]c2ccccc2c1/C=N/NC(=O)CCC(=O)N/N=C/c1c(C)[nH]c2ccccc12. The van der Waals surface area contributed by atoms with Crippen molar-refractivity contribution in [3.63, 3.8) is 0 Å². The summed E-state index contributed by atoms with van der Waals surface area (Å²) in [5.74, 6) is -0.685. The quantitative estimate of drug-likeness (QED) is 0.266. The van der Waals surface area contributed by atoms with Gasteiger partial charge >= 0.3 is 0 Å². The minimum absolute atomic E-state index is 0.0116. The number of aryl methyl sites for hydroxylation is 2. The number of fused-ring (bicyclic) bond motifs is 2. The number of aromatic nitrogens is 2. The van der Waals surface area contributed by atoms with E-state index in [-0.39, 0.29) is 24.7 Å². The maximum Gasteiger partial charge on any atom is 0.240 e. The van der Waals surface area contributed by atoms with Crippen LogP contribution in [-0.4, -0.2) is 34.2 Å². The van der Waals surface area contributed by atoms with Crippen LogP contribution in [0.3, 0.4) is 0 Å². The van der Waals surface area contributed by atoms with E-state index in [4.69, 9.17) is 0 Å². The van der Waals surface area contributed by atoms with Gasteiger partial charge in [-0.1, -0.05) is 36.4 Å². The van der Waals surface area contributed by atoms with Gasteiger partial charge in [-0.25, -0.2) is 10.9 Å². The molecule has 2 aromatic carbocycles. The second kappa shape index (κ2) is 9.30. The summed E-state index contributed by atoms with van der Waals surface area (Å²) in [6.07, 6.45) is 3.25. The molecule has 0 saturated carbocycles. The molecule has 8 nitrogen and oxygen atoms in total. The number of hydrogen-bond donors (Lipinski definition) is 4. The molecule has 4 N–H and O–H groups in total. The zero-order valence-electron chi connectivity index (χ0n) is 17.9. The number of hydrogen-bond acceptors (Lipinski definition) is 4. The van der Waals surface area contributed by atoms with Crippen LogP contribution in [-0.2, 0) is 9.59 Å². The van der Waals surface area contributed by atoms with E-state index in [9.17, 15) is 9.59 Å². The van der Waals surface area contributed by atoms with E-state index in [1.165, 1.54) is 0 Å². The average molecular weight is 428 g/mol. The highest BCUT2D eigenvalue weighted by molar-refractivity contribution is 6.01. The van der Waals surface area contributed by atoms with E-state index >= 15 is 0 Å². The molecule has 0 unspecified atom stereocenters. The molecule has 0 aliphatic rings. The van der Waals surface area contributed by atoms with E-state index in [2.05, 4.69) is 31.0 Å². The van der Waals surface area contributed by atoms with Crippen molar-refractivity contribution in [2.45, 2.75) is 26.7 Å². The number of benzene rings is 2. The van der Waals surface area contributed by atoms with Crippen molar-refractivity contribution >= 4 is 46.0 Å². The molecule has 2 aromatic heterocycles. The van der Waals surface area contributed by atoms with Gasteiger partial charge in [-0.05, 0) is 26.0 Å². The Morgan fingerprint density at radius 1 is 0.750 bits per heavy atom. The maximum absolute atomic E-state index is 12.0. The Labute approximate surface area is 184 Å². The highest BCUT2D eigenvalue weighted by Crippen LogP contribution is 2.20. The van der Waals surface area contributed by atoms with E-state index in [1.54, 1.807) is 12.4 Å². The Bertz CT molecular complexity index is 1240. The Kier molecular flexibility index (Phi) is 6.12. The summed E-state index contributed by atoms with van der Waals surface area (Å²) in [5, 5.41) is 10.1. The third-order valence-electron chi connectivity index (χ3n) is 5.23. The van der Waals surface area contributed by atoms with Crippen LogP contribution in [0.4, 0.5) is 0 Å². The number of nitrogens with one attached hydrogen (secondary N) is 4. The second-order valence-corrected chi connectivity index (χ2v) is 7.50. The minimum atomic E-state index is -0.342. The van der Waals surface area contributed by atoms with Crippen LogP contribution in [0.2, 0.25) is 0 Å². The molecule has 0 saturated heterocycles. The Hall–Kier alpha value is -4.20. The van der Waals surface area contributed by atoms with Crippen LogP contribution in [0.1, 0.15) is 35.4 Å². The van der Waals surface area contributed by atoms with Crippen LogP contribution in [0, 0.1) is 13.8 Å². The summed E-state index contributed by atoms with van der Waals surface area (Å²) in [6.45, 7) is 3.90. The van der Waals surface area contributed by atoms with Crippen LogP contribution in [0.5, 0.6) is 0 Å². The molecule has 4 aromatic rings. The van der Waals surface area contributed by atoms with Crippen molar-refractivity contribution < 1.29 is 9.59 Å². The first-order chi connectivity index (χ1) is 15.5. The predicted octanol–water partition coefficient (Wildman–Crippen LogP) is 3.65. The van der Waals surface area contributed by atoms with Crippen molar-refractivity contribution in [1.29, 1.82) is 0 Å². The molecule has 0 aliphatic carbocycles. The lowest BCUT2D eigenvalue weighted by molar-refractivity contribution is -0.126. The second-order valence-electron chi connectivity index (χ2n) is 7.50. The van der Waals surface area contributed by atoms with Gasteiger partial charge in [0.1, 0.15) is 0 Å². The molecule has 0 bridgehead atoms. The predicted molar refractivity (Wildman–Crippen MR) is 127 cm³/mol. The van der Waals surface area contributed by atoms with E-state index in [0.717, 1.165) is 44.3 Å². The maximum atomic E-state index is 12.0. The highest BCUT2D eigenvalue weighted by Gasteiger charge is 2.08. The van der Waals surface area contributed by atoms with E-state index in [1.807, 2.05) is 62.4 Å². The lowest BCUT2D eigenvalue weighted by Crippen LogP contribution is -2.22. The number of aromatic amines is 2. The molecule has 32 heavy (non-hydrogen) atoms. The molecule has 0 spiro atoms. The highest BCUT2D eigenvalue weighted by atomic mass is 16.2. The molecule has 0 atom stereocenters. The van der Waals surface area contributed by atoms with Crippen molar-refractivity contribution in [3.8, 4) is 0 Å². The third kappa shape index (κ3) is 4.59. The number of nitrogens with zero attached hydrogens (tertiary/aromatic N) is 2. The summed E-state index contributed by atoms with van der Waals surface area (Å²) in [7, 11) is 0. The summed E-state index contributed by atoms with van der Waals surface area (Å²) in [6, 6.07) is 15.8. The largest absolute Gasteiger partial charge is 0.358 e. The smallest absolute Gasteiger partial charge is 0.240 e. The zero-order chi connectivity index (χ0) is 22.5. The molecule has 0 radical (unpaired) electrons. The number of para-hydroxylation sites is 2. The van der Waals surface area contributed by atoms with Gasteiger partial charge in [-0.15, -0.1) is 0 Å².